The van der Waals surface area contributed by atoms with Crippen molar-refractivity contribution in [1.82, 2.24) is 0 Å². The Labute approximate surface area is 371 Å². The third-order valence-corrected chi connectivity index (χ3v) is 15.4. The van der Waals surface area contributed by atoms with Gasteiger partial charge in [0.2, 0.25) is 0 Å². The van der Waals surface area contributed by atoms with E-state index >= 15 is 0 Å². The molecule has 8 heteroatoms. The van der Waals surface area contributed by atoms with Gasteiger partial charge in [-0.3, -0.25) is 0 Å². The van der Waals surface area contributed by atoms with E-state index in [0.717, 1.165) is 93.9 Å². The molecule has 1 saturated heterocycles. The molecule has 1 N–H and O–H groups in total. The van der Waals surface area contributed by atoms with Crippen LogP contribution in [0.4, 0.5) is 0 Å². The summed E-state index contributed by atoms with van der Waals surface area (Å²) in [6.45, 7) is 21.2. The SMILES string of the molecule is CCCC(c1cc(C(C)(C)C)c(O)cc1C)c1cc(C(C)(C)C)c(OP2OCCCCCCCCCCCCCS(=O)(=O)CCCCCCCCCCCCCO2)cc1C. The van der Waals surface area contributed by atoms with Gasteiger partial charge in [-0.2, -0.15) is 0 Å². The first-order valence-electron chi connectivity index (χ1n) is 24.5. The van der Waals surface area contributed by atoms with Crippen LogP contribution in [0.2, 0.25) is 0 Å². The van der Waals surface area contributed by atoms with E-state index < -0.39 is 18.4 Å². The molecule has 0 spiro atoms. The summed E-state index contributed by atoms with van der Waals surface area (Å²) in [5.41, 5.74) is 6.81. The summed E-state index contributed by atoms with van der Waals surface area (Å²) in [4.78, 5) is 0. The van der Waals surface area contributed by atoms with Crippen molar-refractivity contribution in [3.05, 3.63) is 57.6 Å². The molecule has 1 unspecified atom stereocenters. The largest absolute Gasteiger partial charge is 0.508 e. The number of sulfone groups is 1. The number of benzene rings is 2. The summed E-state index contributed by atoms with van der Waals surface area (Å²) in [5.74, 6) is 2.21. The molecule has 0 saturated carbocycles. The number of rotatable bonds is 6. The third kappa shape index (κ3) is 19.8. The monoisotopic (exact) mass is 873 g/mol. The van der Waals surface area contributed by atoms with Crippen LogP contribution in [0.1, 0.15) is 242 Å². The zero-order valence-corrected chi connectivity index (χ0v) is 41.7. The van der Waals surface area contributed by atoms with Crippen LogP contribution in [0, 0.1) is 13.8 Å². The smallest absolute Gasteiger partial charge is 0.397 e. The molecule has 3 rings (SSSR count). The lowest BCUT2D eigenvalue weighted by atomic mass is 9.76. The molecule has 0 aliphatic carbocycles. The van der Waals surface area contributed by atoms with Crippen LogP contribution in [0.3, 0.4) is 0 Å². The summed E-state index contributed by atoms with van der Waals surface area (Å²) >= 11 is 0. The Balaban J connectivity index is 1.71. The average Bonchev–Trinajstić information content (AvgIpc) is 3.16. The Morgan fingerprint density at radius 2 is 0.950 bits per heavy atom. The van der Waals surface area contributed by atoms with Gasteiger partial charge in [0.1, 0.15) is 21.3 Å². The first-order valence-corrected chi connectivity index (χ1v) is 27.4. The molecule has 2 aromatic carbocycles. The zero-order chi connectivity index (χ0) is 44.0. The van der Waals surface area contributed by atoms with Crippen molar-refractivity contribution in [1.29, 1.82) is 0 Å². The molecule has 1 heterocycles. The Hall–Kier alpha value is -1.66. The standard InChI is InChI=1S/C52H89O6PS/c1-10-33-44(45-40-47(51(4,5)6)49(53)38-42(45)2)46-41-48(52(7,8)9)50(39-43(46)3)58-59-56-34-29-25-21-17-13-11-15-19-23-27-31-36-60(54,55)37-32-28-24-20-16-12-14-18-22-26-30-35-57-59/h38-41,44,53H,10-37H2,1-9H3. The Bertz CT molecular complexity index is 1570. The van der Waals surface area contributed by atoms with E-state index in [1.54, 1.807) is 0 Å². The van der Waals surface area contributed by atoms with Crippen molar-refractivity contribution >= 4 is 18.4 Å². The Morgan fingerprint density at radius 3 is 1.35 bits per heavy atom. The fourth-order valence-electron chi connectivity index (χ4n) is 8.77. The van der Waals surface area contributed by atoms with Gasteiger partial charge in [-0.1, -0.05) is 183 Å². The molecule has 0 bridgehead atoms. The first kappa shape index (κ1) is 52.7. The van der Waals surface area contributed by atoms with E-state index in [9.17, 15) is 13.5 Å². The number of aryl methyl sites for hydroxylation is 2. The van der Waals surface area contributed by atoms with Crippen LogP contribution < -0.4 is 4.52 Å². The molecule has 2 aromatic rings. The molecule has 0 aromatic heterocycles. The lowest BCUT2D eigenvalue weighted by molar-refractivity contribution is 0.197. The first-order chi connectivity index (χ1) is 28.5. The Morgan fingerprint density at radius 1 is 0.583 bits per heavy atom. The molecular formula is C52H89O6PS. The molecule has 344 valence electrons. The lowest BCUT2D eigenvalue weighted by Gasteiger charge is -2.30. The highest BCUT2D eigenvalue weighted by Crippen LogP contribution is 2.47. The normalized spacial score (nSPS) is 20.2. The summed E-state index contributed by atoms with van der Waals surface area (Å²) in [6.07, 6.45) is 27.3. The summed E-state index contributed by atoms with van der Waals surface area (Å²) in [7, 11) is -4.43. The number of aromatic hydroxyl groups is 1. The quantitative estimate of drug-likeness (QED) is 0.291. The molecule has 0 radical (unpaired) electrons. The van der Waals surface area contributed by atoms with Crippen molar-refractivity contribution in [3.8, 4) is 11.5 Å². The highest BCUT2D eigenvalue weighted by atomic mass is 32.2. The van der Waals surface area contributed by atoms with Crippen molar-refractivity contribution in [3.63, 3.8) is 0 Å². The van der Waals surface area contributed by atoms with Gasteiger partial charge < -0.3 is 18.7 Å². The number of phenolic OH excluding ortho intramolecular Hbond substituents is 1. The van der Waals surface area contributed by atoms with Gasteiger partial charge in [0.05, 0.1) is 24.7 Å². The van der Waals surface area contributed by atoms with Gasteiger partial charge in [0.15, 0.2) is 0 Å². The minimum atomic E-state index is -2.88. The topological polar surface area (TPSA) is 82.1 Å². The van der Waals surface area contributed by atoms with Crippen LogP contribution in [0.15, 0.2) is 24.3 Å². The summed E-state index contributed by atoms with van der Waals surface area (Å²) < 4.78 is 44.7. The van der Waals surface area contributed by atoms with E-state index in [0.29, 0.717) is 30.5 Å². The molecule has 1 aliphatic heterocycles. The predicted octanol–water partition coefficient (Wildman–Crippen LogP) is 16.2. The van der Waals surface area contributed by atoms with Crippen LogP contribution in [0.5, 0.6) is 11.5 Å². The van der Waals surface area contributed by atoms with E-state index in [1.165, 1.54) is 99.3 Å². The summed E-state index contributed by atoms with van der Waals surface area (Å²) in [5, 5.41) is 11.0. The van der Waals surface area contributed by atoms with Gasteiger partial charge >= 0.3 is 8.60 Å². The van der Waals surface area contributed by atoms with E-state index in [2.05, 4.69) is 80.5 Å². The number of phenols is 1. The van der Waals surface area contributed by atoms with E-state index in [4.69, 9.17) is 13.6 Å². The second kappa shape index (κ2) is 27.5. The molecule has 1 aliphatic rings. The van der Waals surface area contributed by atoms with Crippen molar-refractivity contribution in [2.45, 2.75) is 233 Å². The van der Waals surface area contributed by atoms with Gasteiger partial charge in [0.25, 0.3) is 0 Å². The third-order valence-electron chi connectivity index (χ3n) is 12.5. The van der Waals surface area contributed by atoms with Crippen LogP contribution >= 0.6 is 8.60 Å². The van der Waals surface area contributed by atoms with Crippen molar-refractivity contribution < 1.29 is 27.1 Å². The van der Waals surface area contributed by atoms with Gasteiger partial charge in [-0.15, -0.1) is 0 Å². The maximum Gasteiger partial charge on any atom is 0.397 e. The van der Waals surface area contributed by atoms with E-state index in [-0.39, 0.29) is 16.7 Å². The predicted molar refractivity (Wildman–Crippen MR) is 258 cm³/mol. The van der Waals surface area contributed by atoms with Crippen LogP contribution in [-0.4, -0.2) is 38.2 Å². The maximum absolute atomic E-state index is 12.5. The second-order valence-corrected chi connectivity index (χ2v) is 23.6. The van der Waals surface area contributed by atoms with E-state index in [1.807, 2.05) is 6.07 Å². The molecule has 60 heavy (non-hydrogen) atoms. The maximum atomic E-state index is 12.5. The summed E-state index contributed by atoms with van der Waals surface area (Å²) in [6, 6.07) is 8.86. The molecule has 6 nitrogen and oxygen atoms in total. The van der Waals surface area contributed by atoms with Gasteiger partial charge in [0, 0.05) is 11.5 Å². The second-order valence-electron chi connectivity index (χ2n) is 20.2. The fourth-order valence-corrected chi connectivity index (χ4v) is 11.3. The van der Waals surface area contributed by atoms with Crippen LogP contribution in [-0.2, 0) is 29.7 Å². The number of hydrogen-bond acceptors (Lipinski definition) is 6. The number of hydrogen-bond donors (Lipinski definition) is 1. The highest BCUT2D eigenvalue weighted by Gasteiger charge is 2.29. The fraction of sp³-hybridized carbons (Fsp3) is 0.769. The van der Waals surface area contributed by atoms with Crippen molar-refractivity contribution in [2.75, 3.05) is 24.7 Å². The Kier molecular flexibility index (Phi) is 24.2. The van der Waals surface area contributed by atoms with Crippen molar-refractivity contribution in [2.24, 2.45) is 0 Å². The highest BCUT2D eigenvalue weighted by molar-refractivity contribution is 7.91. The minimum Gasteiger partial charge on any atom is -0.508 e. The van der Waals surface area contributed by atoms with Crippen LogP contribution in [0.25, 0.3) is 0 Å². The van der Waals surface area contributed by atoms with Gasteiger partial charge in [-0.05, 0) is 96.7 Å². The lowest BCUT2D eigenvalue weighted by Crippen LogP contribution is -2.17. The zero-order valence-electron chi connectivity index (χ0n) is 40.0. The van der Waals surface area contributed by atoms with Gasteiger partial charge in [-0.25, -0.2) is 8.42 Å². The average molecular weight is 873 g/mol. The molecule has 0 amide bonds. The molecule has 1 atom stereocenters. The molecule has 1 fully saturated rings. The molecular weight excluding hydrogens is 784 g/mol. The minimum absolute atomic E-state index is 0.159.